The van der Waals surface area contributed by atoms with Crippen molar-refractivity contribution >= 4 is 5.91 Å². The SMILES string of the molecule is CC(C)NC(=O)C1CCN(Cc2cn(C)nc2C2CCCCC2)CC1. The fraction of sp³-hybridized carbons (Fsp3) is 0.800. The molecule has 2 heterocycles. The first kappa shape index (κ1) is 18.4. The maximum absolute atomic E-state index is 12.2. The molecule has 1 aliphatic carbocycles. The van der Waals surface area contributed by atoms with Gasteiger partial charge in [0.1, 0.15) is 0 Å². The van der Waals surface area contributed by atoms with Gasteiger partial charge in [0.2, 0.25) is 5.91 Å². The Hall–Kier alpha value is -1.36. The van der Waals surface area contributed by atoms with Crippen LogP contribution in [0.15, 0.2) is 6.20 Å². The number of carbonyl (C=O) groups is 1. The van der Waals surface area contributed by atoms with Crippen LogP contribution in [0.2, 0.25) is 0 Å². The number of rotatable bonds is 5. The minimum atomic E-state index is 0.186. The van der Waals surface area contributed by atoms with Crippen molar-refractivity contribution in [1.29, 1.82) is 0 Å². The van der Waals surface area contributed by atoms with Crippen LogP contribution in [0.25, 0.3) is 0 Å². The van der Waals surface area contributed by atoms with Gasteiger partial charge in [-0.25, -0.2) is 0 Å². The Morgan fingerprint density at radius 3 is 2.52 bits per heavy atom. The molecule has 1 aromatic heterocycles. The fourth-order valence-corrected chi connectivity index (χ4v) is 4.39. The number of nitrogens with zero attached hydrogens (tertiary/aromatic N) is 3. The molecule has 5 heteroatoms. The third-order valence-corrected chi connectivity index (χ3v) is 5.71. The molecule has 0 atom stereocenters. The zero-order chi connectivity index (χ0) is 17.8. The number of piperidine rings is 1. The zero-order valence-electron chi connectivity index (χ0n) is 16.1. The highest BCUT2D eigenvalue weighted by Crippen LogP contribution is 2.34. The van der Waals surface area contributed by atoms with Crippen molar-refractivity contribution in [2.75, 3.05) is 13.1 Å². The summed E-state index contributed by atoms with van der Waals surface area (Å²) >= 11 is 0. The van der Waals surface area contributed by atoms with Crippen LogP contribution in [0.1, 0.15) is 76.0 Å². The average molecular weight is 347 g/mol. The van der Waals surface area contributed by atoms with Crippen molar-refractivity contribution in [3.63, 3.8) is 0 Å². The van der Waals surface area contributed by atoms with Crippen molar-refractivity contribution in [1.82, 2.24) is 20.0 Å². The second-order valence-corrected chi connectivity index (χ2v) is 8.26. The van der Waals surface area contributed by atoms with Crippen molar-refractivity contribution < 1.29 is 4.79 Å². The van der Waals surface area contributed by atoms with Crippen LogP contribution < -0.4 is 5.32 Å². The largest absolute Gasteiger partial charge is 0.354 e. The summed E-state index contributed by atoms with van der Waals surface area (Å²) in [5, 5.41) is 7.86. The van der Waals surface area contributed by atoms with Crippen molar-refractivity contribution in [3.05, 3.63) is 17.5 Å². The second kappa shape index (κ2) is 8.35. The van der Waals surface area contributed by atoms with Crippen molar-refractivity contribution in [3.8, 4) is 0 Å². The van der Waals surface area contributed by atoms with E-state index in [1.165, 1.54) is 43.4 Å². The highest BCUT2D eigenvalue weighted by atomic mass is 16.1. The van der Waals surface area contributed by atoms with Crippen LogP contribution in [-0.2, 0) is 18.4 Å². The predicted molar refractivity (Wildman–Crippen MR) is 100 cm³/mol. The molecule has 0 bridgehead atoms. The van der Waals surface area contributed by atoms with Gasteiger partial charge in [0.25, 0.3) is 0 Å². The molecule has 5 nitrogen and oxygen atoms in total. The summed E-state index contributed by atoms with van der Waals surface area (Å²) in [6.07, 6.45) is 10.8. The van der Waals surface area contributed by atoms with E-state index in [-0.39, 0.29) is 17.9 Å². The Balaban J connectivity index is 1.56. The lowest BCUT2D eigenvalue weighted by molar-refractivity contribution is -0.127. The van der Waals surface area contributed by atoms with Crippen LogP contribution in [-0.4, -0.2) is 39.7 Å². The standard InChI is InChI=1S/C20H34N4O/c1-15(2)21-20(25)17-9-11-24(12-10-17)14-18-13-23(3)22-19(18)16-7-5-4-6-8-16/h13,15-17H,4-12,14H2,1-3H3,(H,21,25). The molecule has 25 heavy (non-hydrogen) atoms. The van der Waals surface area contributed by atoms with Crippen molar-refractivity contribution in [2.24, 2.45) is 13.0 Å². The van der Waals surface area contributed by atoms with E-state index < -0.39 is 0 Å². The highest BCUT2D eigenvalue weighted by Gasteiger charge is 2.27. The van der Waals surface area contributed by atoms with E-state index in [0.29, 0.717) is 5.92 Å². The minimum Gasteiger partial charge on any atom is -0.354 e. The number of likely N-dealkylation sites (tertiary alicyclic amines) is 1. The van der Waals surface area contributed by atoms with Gasteiger partial charge in [0.15, 0.2) is 0 Å². The third kappa shape index (κ3) is 4.84. The van der Waals surface area contributed by atoms with E-state index in [4.69, 9.17) is 5.10 Å². The molecule has 0 radical (unpaired) electrons. The zero-order valence-corrected chi connectivity index (χ0v) is 16.1. The molecule has 140 valence electrons. The lowest BCUT2D eigenvalue weighted by Crippen LogP contribution is -2.42. The first-order valence-electron chi connectivity index (χ1n) is 10.1. The van der Waals surface area contributed by atoms with Gasteiger partial charge >= 0.3 is 0 Å². The van der Waals surface area contributed by atoms with Crippen LogP contribution >= 0.6 is 0 Å². The number of aryl methyl sites for hydroxylation is 1. The number of aromatic nitrogens is 2. The molecule has 2 fully saturated rings. The Bertz CT molecular complexity index is 566. The Labute approximate surface area is 152 Å². The van der Waals surface area contributed by atoms with E-state index in [0.717, 1.165) is 32.5 Å². The number of hydrogen-bond acceptors (Lipinski definition) is 3. The molecule has 1 aliphatic heterocycles. The van der Waals surface area contributed by atoms with E-state index in [2.05, 4.69) is 16.4 Å². The molecule has 0 aromatic carbocycles. The lowest BCUT2D eigenvalue weighted by atomic mass is 9.85. The Morgan fingerprint density at radius 2 is 1.88 bits per heavy atom. The fourth-order valence-electron chi connectivity index (χ4n) is 4.39. The number of amides is 1. The van der Waals surface area contributed by atoms with E-state index in [1.54, 1.807) is 0 Å². The van der Waals surface area contributed by atoms with Gasteiger partial charge in [0.05, 0.1) is 5.69 Å². The van der Waals surface area contributed by atoms with E-state index >= 15 is 0 Å². The molecule has 1 amide bonds. The summed E-state index contributed by atoms with van der Waals surface area (Å²) in [4.78, 5) is 14.7. The average Bonchev–Trinajstić information content (AvgIpc) is 2.96. The topological polar surface area (TPSA) is 50.2 Å². The van der Waals surface area contributed by atoms with Crippen LogP contribution in [0, 0.1) is 5.92 Å². The van der Waals surface area contributed by atoms with E-state index in [9.17, 15) is 4.79 Å². The molecule has 1 N–H and O–H groups in total. The first-order valence-corrected chi connectivity index (χ1v) is 10.1. The van der Waals surface area contributed by atoms with Gasteiger partial charge in [-0.15, -0.1) is 0 Å². The second-order valence-electron chi connectivity index (χ2n) is 8.26. The predicted octanol–water partition coefficient (Wildman–Crippen LogP) is 3.20. The molecule has 0 spiro atoms. The molecular weight excluding hydrogens is 312 g/mol. The lowest BCUT2D eigenvalue weighted by Gasteiger charge is -2.32. The Morgan fingerprint density at radius 1 is 1.20 bits per heavy atom. The maximum Gasteiger partial charge on any atom is 0.223 e. The Kier molecular flexibility index (Phi) is 6.15. The van der Waals surface area contributed by atoms with Gasteiger partial charge in [0, 0.05) is 43.2 Å². The number of carbonyl (C=O) groups excluding carboxylic acids is 1. The molecular formula is C20H34N4O. The van der Waals surface area contributed by atoms with Gasteiger partial charge < -0.3 is 5.32 Å². The minimum absolute atomic E-state index is 0.186. The maximum atomic E-state index is 12.2. The van der Waals surface area contributed by atoms with Gasteiger partial charge in [-0.2, -0.15) is 5.10 Å². The molecule has 1 aromatic rings. The quantitative estimate of drug-likeness (QED) is 0.891. The van der Waals surface area contributed by atoms with E-state index in [1.807, 2.05) is 25.6 Å². The van der Waals surface area contributed by atoms with Crippen LogP contribution in [0.5, 0.6) is 0 Å². The summed E-state index contributed by atoms with van der Waals surface area (Å²) in [6, 6.07) is 0.235. The van der Waals surface area contributed by atoms with Gasteiger partial charge in [-0.1, -0.05) is 19.3 Å². The van der Waals surface area contributed by atoms with Gasteiger partial charge in [-0.05, 0) is 52.6 Å². The van der Waals surface area contributed by atoms with Crippen LogP contribution in [0.3, 0.4) is 0 Å². The highest BCUT2D eigenvalue weighted by molar-refractivity contribution is 5.78. The van der Waals surface area contributed by atoms with Crippen LogP contribution in [0.4, 0.5) is 0 Å². The summed E-state index contributed by atoms with van der Waals surface area (Å²) in [6.45, 7) is 7.06. The molecule has 1 saturated heterocycles. The van der Waals surface area contributed by atoms with Crippen molar-refractivity contribution in [2.45, 2.75) is 77.3 Å². The molecule has 0 unspecified atom stereocenters. The summed E-state index contributed by atoms with van der Waals surface area (Å²) < 4.78 is 1.99. The number of hydrogen-bond donors (Lipinski definition) is 1. The normalized spacial score (nSPS) is 21.0. The monoisotopic (exact) mass is 346 g/mol. The first-order chi connectivity index (χ1) is 12.0. The summed E-state index contributed by atoms with van der Waals surface area (Å²) in [5.74, 6) is 1.07. The van der Waals surface area contributed by atoms with Gasteiger partial charge in [-0.3, -0.25) is 14.4 Å². The number of nitrogens with one attached hydrogen (secondary N) is 1. The molecule has 1 saturated carbocycles. The smallest absolute Gasteiger partial charge is 0.223 e. The molecule has 2 aliphatic rings. The summed E-state index contributed by atoms with van der Waals surface area (Å²) in [5.41, 5.74) is 2.74. The third-order valence-electron chi connectivity index (χ3n) is 5.71. The molecule has 3 rings (SSSR count). The summed E-state index contributed by atoms with van der Waals surface area (Å²) in [7, 11) is 2.04.